The predicted octanol–water partition coefficient (Wildman–Crippen LogP) is 2.04. The lowest BCUT2D eigenvalue weighted by Gasteiger charge is -2.15. The molecule has 1 N–H and O–H groups in total. The van der Waals surface area contributed by atoms with Gasteiger partial charge in [-0.25, -0.2) is 4.57 Å². The Morgan fingerprint density at radius 2 is 1.56 bits per heavy atom. The molecule has 5 nitrogen and oxygen atoms in total. The molecule has 2 heterocycles. The van der Waals surface area contributed by atoms with Gasteiger partial charge in [0.25, 0.3) is 11.7 Å². The monoisotopic (exact) mass is 532 g/mol. The highest BCUT2D eigenvalue weighted by molar-refractivity contribution is 5.94. The Morgan fingerprint density at radius 3 is 2.08 bits per heavy atom. The Hall–Kier alpha value is -3.08. The number of rotatable bonds is 4. The zero-order valence-electron chi connectivity index (χ0n) is 19.6. The van der Waals surface area contributed by atoms with E-state index in [1.807, 2.05) is 37.5 Å². The van der Waals surface area contributed by atoms with E-state index in [0.29, 0.717) is 25.0 Å². The number of fused-ring (bicyclic) bond motifs is 1. The summed E-state index contributed by atoms with van der Waals surface area (Å²) in [5.74, 6) is -0.227. The molecule has 0 unspecified atom stereocenters. The van der Waals surface area contributed by atoms with Crippen LogP contribution in [0.2, 0.25) is 0 Å². The SMILES string of the molecule is Cc1cc(C)c(-n2c[n+]3c(n2)CC[C@H]3CNC(=O)c2cc(C(F)(F)F)cc(C(F)(F)F)c2)c(C)c1.[Cl-]. The van der Waals surface area contributed by atoms with Gasteiger partial charge in [-0.15, -0.1) is 0 Å². The lowest BCUT2D eigenvalue weighted by atomic mass is 10.0. The number of alkyl halides is 6. The average Bonchev–Trinajstić information content (AvgIpc) is 3.30. The van der Waals surface area contributed by atoms with Crippen LogP contribution in [-0.4, -0.2) is 22.2 Å². The topological polar surface area (TPSA) is 50.8 Å². The fourth-order valence-corrected chi connectivity index (χ4v) is 4.55. The molecule has 1 aromatic heterocycles. The van der Waals surface area contributed by atoms with Gasteiger partial charge in [0.15, 0.2) is 0 Å². The first-order chi connectivity index (χ1) is 16.2. The number of hydrogen-bond donors (Lipinski definition) is 1. The molecule has 1 aliphatic heterocycles. The van der Waals surface area contributed by atoms with Crippen LogP contribution in [0.25, 0.3) is 5.69 Å². The zero-order valence-corrected chi connectivity index (χ0v) is 20.3. The predicted molar refractivity (Wildman–Crippen MR) is 114 cm³/mol. The van der Waals surface area contributed by atoms with Crippen molar-refractivity contribution in [3.63, 3.8) is 0 Å². The van der Waals surface area contributed by atoms with Gasteiger partial charge in [0.05, 0.1) is 23.7 Å². The van der Waals surface area contributed by atoms with Crippen molar-refractivity contribution in [1.82, 2.24) is 15.1 Å². The Balaban J connectivity index is 0.00000361. The van der Waals surface area contributed by atoms with E-state index in [1.165, 1.54) is 0 Å². The van der Waals surface area contributed by atoms with Gasteiger partial charge in [0.2, 0.25) is 6.33 Å². The van der Waals surface area contributed by atoms with Gasteiger partial charge in [-0.3, -0.25) is 4.79 Å². The van der Waals surface area contributed by atoms with E-state index in [1.54, 1.807) is 11.0 Å². The fraction of sp³-hybridized carbons (Fsp3) is 0.375. The maximum absolute atomic E-state index is 13.1. The van der Waals surface area contributed by atoms with E-state index in [0.717, 1.165) is 28.2 Å². The van der Waals surface area contributed by atoms with Crippen LogP contribution >= 0.6 is 0 Å². The first kappa shape index (κ1) is 27.5. The lowest BCUT2D eigenvalue weighted by Crippen LogP contribution is -3.00. The number of benzene rings is 2. The van der Waals surface area contributed by atoms with E-state index in [2.05, 4.69) is 10.4 Å². The number of carbonyl (C=O) groups excluding carboxylic acids is 1. The number of aromatic nitrogens is 3. The number of aryl methyl sites for hydroxylation is 4. The van der Waals surface area contributed by atoms with Crippen molar-refractivity contribution in [2.45, 2.75) is 52.0 Å². The smallest absolute Gasteiger partial charge is 0.416 e. The molecular weight excluding hydrogens is 510 g/mol. The minimum Gasteiger partial charge on any atom is -1.00 e. The van der Waals surface area contributed by atoms with Crippen molar-refractivity contribution in [3.8, 4) is 5.69 Å². The second kappa shape index (κ2) is 9.76. The van der Waals surface area contributed by atoms with Gasteiger partial charge in [-0.05, 0) is 56.5 Å². The average molecular weight is 533 g/mol. The second-order valence-corrected chi connectivity index (χ2v) is 8.83. The summed E-state index contributed by atoms with van der Waals surface area (Å²) in [5, 5.41) is 7.13. The van der Waals surface area contributed by atoms with Crippen LogP contribution in [0.4, 0.5) is 26.3 Å². The first-order valence-electron chi connectivity index (χ1n) is 10.9. The molecule has 1 atom stereocenters. The highest BCUT2D eigenvalue weighted by Gasteiger charge is 2.38. The van der Waals surface area contributed by atoms with Gasteiger partial charge < -0.3 is 17.7 Å². The normalized spacial score (nSPS) is 15.4. The Bertz CT molecular complexity index is 1240. The van der Waals surface area contributed by atoms with Gasteiger partial charge in [-0.1, -0.05) is 22.4 Å². The van der Waals surface area contributed by atoms with Crippen LogP contribution < -0.4 is 22.3 Å². The molecule has 12 heteroatoms. The third-order valence-electron chi connectivity index (χ3n) is 6.06. The van der Waals surface area contributed by atoms with Gasteiger partial charge in [-0.2, -0.15) is 26.3 Å². The molecule has 0 fully saturated rings. The number of hydrogen-bond acceptors (Lipinski definition) is 2. The third-order valence-corrected chi connectivity index (χ3v) is 6.06. The van der Waals surface area contributed by atoms with E-state index in [-0.39, 0.29) is 31.1 Å². The zero-order chi connectivity index (χ0) is 25.7. The number of nitrogens with zero attached hydrogens (tertiary/aromatic N) is 3. The fourth-order valence-electron chi connectivity index (χ4n) is 4.55. The van der Waals surface area contributed by atoms with Crippen molar-refractivity contribution in [1.29, 1.82) is 0 Å². The summed E-state index contributed by atoms with van der Waals surface area (Å²) in [4.78, 5) is 12.5. The van der Waals surface area contributed by atoms with Crippen molar-refractivity contribution < 1.29 is 48.1 Å². The quantitative estimate of drug-likeness (QED) is 0.413. The standard InChI is InChI=1S/C24H22F6N4O.ClH/c1-13-6-14(2)21(15(3)7-13)34-12-33-19(4-5-20(33)32-34)11-31-22(35)16-8-17(23(25,26)27)10-18(9-16)24(28,29)30;/h6-10,12,19H,4-5,11H2,1-3H3;1H/t19-;/m0./s1. The molecule has 4 rings (SSSR count). The lowest BCUT2D eigenvalue weighted by molar-refractivity contribution is -0.714. The molecule has 0 saturated heterocycles. The van der Waals surface area contributed by atoms with Crippen molar-refractivity contribution in [3.05, 3.63) is 75.9 Å². The van der Waals surface area contributed by atoms with Crippen LogP contribution in [-0.2, 0) is 18.8 Å². The van der Waals surface area contributed by atoms with Crippen LogP contribution in [0.1, 0.15) is 56.5 Å². The van der Waals surface area contributed by atoms with E-state index in [4.69, 9.17) is 0 Å². The Kier molecular flexibility index (Phi) is 7.46. The summed E-state index contributed by atoms with van der Waals surface area (Å²) in [6, 6.07) is 4.71. The van der Waals surface area contributed by atoms with Crippen LogP contribution in [0, 0.1) is 20.8 Å². The second-order valence-electron chi connectivity index (χ2n) is 8.83. The van der Waals surface area contributed by atoms with E-state index < -0.39 is 35.0 Å². The number of carbonyl (C=O) groups is 1. The molecule has 0 bridgehead atoms. The van der Waals surface area contributed by atoms with Crippen molar-refractivity contribution in [2.75, 3.05) is 6.54 Å². The first-order valence-corrected chi connectivity index (χ1v) is 10.9. The van der Waals surface area contributed by atoms with Gasteiger partial charge in [0.1, 0.15) is 5.69 Å². The highest BCUT2D eigenvalue weighted by atomic mass is 35.5. The van der Waals surface area contributed by atoms with Crippen LogP contribution in [0.5, 0.6) is 0 Å². The van der Waals surface area contributed by atoms with Gasteiger partial charge >= 0.3 is 12.4 Å². The summed E-state index contributed by atoms with van der Waals surface area (Å²) >= 11 is 0. The molecule has 2 aromatic carbocycles. The number of nitrogens with one attached hydrogen (secondary N) is 1. The summed E-state index contributed by atoms with van der Waals surface area (Å²) in [7, 11) is 0. The maximum atomic E-state index is 13.1. The minimum absolute atomic E-state index is 0. The van der Waals surface area contributed by atoms with E-state index >= 15 is 0 Å². The summed E-state index contributed by atoms with van der Waals surface area (Å²) < 4.78 is 82.3. The molecule has 1 amide bonds. The Labute approximate surface area is 209 Å². The molecule has 36 heavy (non-hydrogen) atoms. The molecular formula is C24H23ClF6N4O. The van der Waals surface area contributed by atoms with E-state index in [9.17, 15) is 31.1 Å². The number of amides is 1. The molecule has 0 aliphatic carbocycles. The highest BCUT2D eigenvalue weighted by Crippen LogP contribution is 2.36. The van der Waals surface area contributed by atoms with Crippen LogP contribution in [0.3, 0.4) is 0 Å². The van der Waals surface area contributed by atoms with Crippen molar-refractivity contribution in [2.24, 2.45) is 0 Å². The molecule has 3 aromatic rings. The molecule has 0 radical (unpaired) electrons. The maximum Gasteiger partial charge on any atom is 0.416 e. The molecule has 1 aliphatic rings. The molecule has 0 spiro atoms. The molecule has 194 valence electrons. The van der Waals surface area contributed by atoms with Gasteiger partial charge in [0, 0.05) is 17.1 Å². The summed E-state index contributed by atoms with van der Waals surface area (Å²) in [5.41, 5.74) is 0.388. The minimum atomic E-state index is -5.02. The van der Waals surface area contributed by atoms with Crippen LogP contribution in [0.15, 0.2) is 36.7 Å². The molecule has 0 saturated carbocycles. The Morgan fingerprint density at radius 1 is 1.00 bits per heavy atom. The largest absolute Gasteiger partial charge is 1.00 e. The van der Waals surface area contributed by atoms with Crippen molar-refractivity contribution >= 4 is 5.91 Å². The summed E-state index contributed by atoms with van der Waals surface area (Å²) in [6.45, 7) is 6.00. The summed E-state index contributed by atoms with van der Waals surface area (Å²) in [6.07, 6.45) is -6.98. The number of halogens is 7. The third kappa shape index (κ3) is 5.50.